The van der Waals surface area contributed by atoms with Gasteiger partial charge in [-0.2, -0.15) is 0 Å². The quantitative estimate of drug-likeness (QED) is 0.337. The molecular formula is C30H38N2O4. The zero-order valence-corrected chi connectivity index (χ0v) is 21.7. The van der Waals surface area contributed by atoms with E-state index >= 15 is 0 Å². The van der Waals surface area contributed by atoms with Crippen LogP contribution in [0.3, 0.4) is 0 Å². The molecule has 1 fully saturated rings. The van der Waals surface area contributed by atoms with Crippen molar-refractivity contribution < 1.29 is 18.9 Å². The van der Waals surface area contributed by atoms with Crippen molar-refractivity contribution in [1.29, 1.82) is 0 Å². The molecule has 0 amide bonds. The fourth-order valence-corrected chi connectivity index (χ4v) is 4.79. The molecule has 0 bridgehead atoms. The van der Waals surface area contributed by atoms with Gasteiger partial charge in [-0.1, -0.05) is 48.5 Å². The van der Waals surface area contributed by atoms with Crippen LogP contribution >= 0.6 is 0 Å². The Bertz CT molecular complexity index is 1080. The number of piperazine rings is 1. The van der Waals surface area contributed by atoms with Gasteiger partial charge >= 0.3 is 0 Å². The summed E-state index contributed by atoms with van der Waals surface area (Å²) in [7, 11) is 5.05. The number of methoxy groups -OCH3 is 3. The van der Waals surface area contributed by atoms with E-state index in [0.29, 0.717) is 0 Å². The van der Waals surface area contributed by atoms with E-state index in [2.05, 4.69) is 64.4 Å². The highest BCUT2D eigenvalue weighted by molar-refractivity contribution is 5.54. The van der Waals surface area contributed by atoms with Crippen molar-refractivity contribution in [2.24, 2.45) is 0 Å². The smallest absolute Gasteiger partial charge is 0.168 e. The van der Waals surface area contributed by atoms with Crippen LogP contribution in [0.5, 0.6) is 23.0 Å². The topological polar surface area (TPSA) is 43.4 Å². The summed E-state index contributed by atoms with van der Waals surface area (Å²) in [6.45, 7) is 6.64. The molecule has 3 aromatic rings. The maximum absolute atomic E-state index is 6.20. The molecule has 36 heavy (non-hydrogen) atoms. The average molecular weight is 491 g/mol. The summed E-state index contributed by atoms with van der Waals surface area (Å²) in [6, 6.07) is 22.8. The Hall–Kier alpha value is -3.22. The van der Waals surface area contributed by atoms with Crippen molar-refractivity contribution in [2.75, 3.05) is 60.7 Å². The predicted molar refractivity (Wildman–Crippen MR) is 144 cm³/mol. The second-order valence-electron chi connectivity index (χ2n) is 9.07. The maximum atomic E-state index is 6.20. The molecule has 6 nitrogen and oxygen atoms in total. The van der Waals surface area contributed by atoms with E-state index in [-0.39, 0.29) is 0 Å². The molecule has 0 atom stereocenters. The zero-order chi connectivity index (χ0) is 25.2. The van der Waals surface area contributed by atoms with Crippen molar-refractivity contribution >= 4 is 0 Å². The maximum Gasteiger partial charge on any atom is 0.168 e. The average Bonchev–Trinajstić information content (AvgIpc) is 2.93. The van der Waals surface area contributed by atoms with Crippen LogP contribution in [0.2, 0.25) is 0 Å². The number of para-hydroxylation sites is 1. The predicted octanol–water partition coefficient (Wildman–Crippen LogP) is 4.89. The summed E-state index contributed by atoms with van der Waals surface area (Å²) in [5, 5.41) is 0. The summed E-state index contributed by atoms with van der Waals surface area (Å²) in [5.74, 6) is 3.31. The molecule has 0 unspecified atom stereocenters. The lowest BCUT2D eigenvalue weighted by atomic mass is 10.0. The van der Waals surface area contributed by atoms with Gasteiger partial charge in [-0.25, -0.2) is 0 Å². The summed E-state index contributed by atoms with van der Waals surface area (Å²) in [4.78, 5) is 4.97. The molecule has 3 aromatic carbocycles. The molecule has 0 radical (unpaired) electrons. The minimum absolute atomic E-state index is 0.726. The van der Waals surface area contributed by atoms with Crippen molar-refractivity contribution in [3.05, 3.63) is 83.4 Å². The molecule has 0 N–H and O–H groups in total. The molecule has 6 heteroatoms. The number of nitrogens with zero attached hydrogens (tertiary/aromatic N) is 2. The lowest BCUT2D eigenvalue weighted by Crippen LogP contribution is -2.46. The number of benzene rings is 3. The summed E-state index contributed by atoms with van der Waals surface area (Å²) < 4.78 is 23.0. The van der Waals surface area contributed by atoms with Gasteiger partial charge in [-0.15, -0.1) is 0 Å². The van der Waals surface area contributed by atoms with Gasteiger partial charge in [0.2, 0.25) is 0 Å². The number of hydrogen-bond acceptors (Lipinski definition) is 6. The van der Waals surface area contributed by atoms with E-state index in [0.717, 1.165) is 87.3 Å². The molecule has 0 aliphatic carbocycles. The van der Waals surface area contributed by atoms with Crippen molar-refractivity contribution in [3.63, 3.8) is 0 Å². The van der Waals surface area contributed by atoms with Crippen LogP contribution in [-0.4, -0.2) is 70.5 Å². The molecule has 1 aliphatic heterocycles. The molecule has 1 heterocycles. The van der Waals surface area contributed by atoms with E-state index in [1.807, 2.05) is 12.1 Å². The minimum Gasteiger partial charge on any atom is -0.496 e. The van der Waals surface area contributed by atoms with Gasteiger partial charge in [0, 0.05) is 45.7 Å². The molecule has 192 valence electrons. The second-order valence-corrected chi connectivity index (χ2v) is 9.07. The molecule has 1 saturated heterocycles. The largest absolute Gasteiger partial charge is 0.496 e. The van der Waals surface area contributed by atoms with Crippen LogP contribution in [0.4, 0.5) is 0 Å². The summed E-state index contributed by atoms with van der Waals surface area (Å²) in [5.41, 5.74) is 3.58. The van der Waals surface area contributed by atoms with Gasteiger partial charge in [0.1, 0.15) is 11.5 Å². The molecule has 1 aliphatic rings. The Kier molecular flexibility index (Phi) is 9.47. The molecule has 4 rings (SSSR count). The van der Waals surface area contributed by atoms with Crippen molar-refractivity contribution in [1.82, 2.24) is 9.80 Å². The van der Waals surface area contributed by atoms with Crippen LogP contribution in [0.15, 0.2) is 66.7 Å². The lowest BCUT2D eigenvalue weighted by molar-refractivity contribution is 0.119. The van der Waals surface area contributed by atoms with Gasteiger partial charge in [0.05, 0.1) is 33.5 Å². The second kappa shape index (κ2) is 13.2. The fraction of sp³-hybridized carbons (Fsp3) is 0.400. The van der Waals surface area contributed by atoms with Crippen molar-refractivity contribution in [3.8, 4) is 23.0 Å². The van der Waals surface area contributed by atoms with E-state index in [4.69, 9.17) is 18.9 Å². The Labute approximate surface area is 215 Å². The highest BCUT2D eigenvalue weighted by atomic mass is 16.5. The monoisotopic (exact) mass is 490 g/mol. The third kappa shape index (κ3) is 6.71. The van der Waals surface area contributed by atoms with Crippen LogP contribution in [-0.2, 0) is 13.0 Å². The van der Waals surface area contributed by atoms with Crippen LogP contribution in [0, 0.1) is 0 Å². The van der Waals surface area contributed by atoms with E-state index in [1.165, 1.54) is 11.1 Å². The Morgan fingerprint density at radius 1 is 0.667 bits per heavy atom. The fourth-order valence-electron chi connectivity index (χ4n) is 4.79. The third-order valence-electron chi connectivity index (χ3n) is 6.76. The van der Waals surface area contributed by atoms with Gasteiger partial charge in [0.15, 0.2) is 11.5 Å². The standard InChI is InChI=1S/C30H38N2O4/c1-33-28-14-15-29(34-2)30(35-3)26(28)23-32-19-17-31(18-20-32)16-9-21-36-27-13-8-7-12-25(27)22-24-10-5-4-6-11-24/h4-8,10-15H,9,16-23H2,1-3H3. The first-order valence-electron chi connectivity index (χ1n) is 12.7. The third-order valence-corrected chi connectivity index (χ3v) is 6.76. The molecule has 0 saturated carbocycles. The highest BCUT2D eigenvalue weighted by Crippen LogP contribution is 2.38. The first-order valence-corrected chi connectivity index (χ1v) is 12.7. The Morgan fingerprint density at radius 3 is 2.06 bits per heavy atom. The Morgan fingerprint density at radius 2 is 1.33 bits per heavy atom. The normalized spacial score (nSPS) is 14.4. The SMILES string of the molecule is COc1ccc(OC)c(OC)c1CN1CCN(CCCOc2ccccc2Cc2ccccc2)CC1. The van der Waals surface area contributed by atoms with E-state index in [1.54, 1.807) is 21.3 Å². The first kappa shape index (κ1) is 25.9. The van der Waals surface area contributed by atoms with E-state index < -0.39 is 0 Å². The molecule has 0 aromatic heterocycles. The summed E-state index contributed by atoms with van der Waals surface area (Å²) >= 11 is 0. The Balaban J connectivity index is 1.23. The van der Waals surface area contributed by atoms with Gasteiger partial charge in [-0.05, 0) is 35.7 Å². The number of rotatable bonds is 12. The van der Waals surface area contributed by atoms with Gasteiger partial charge in [-0.3, -0.25) is 4.90 Å². The van der Waals surface area contributed by atoms with Crippen LogP contribution in [0.1, 0.15) is 23.1 Å². The first-order chi connectivity index (χ1) is 17.7. The van der Waals surface area contributed by atoms with Gasteiger partial charge < -0.3 is 23.8 Å². The van der Waals surface area contributed by atoms with Crippen molar-refractivity contribution in [2.45, 2.75) is 19.4 Å². The van der Waals surface area contributed by atoms with Crippen LogP contribution in [0.25, 0.3) is 0 Å². The van der Waals surface area contributed by atoms with Crippen LogP contribution < -0.4 is 18.9 Å². The number of hydrogen-bond donors (Lipinski definition) is 0. The number of ether oxygens (including phenoxy) is 4. The summed E-state index contributed by atoms with van der Waals surface area (Å²) in [6.07, 6.45) is 1.90. The molecular weight excluding hydrogens is 452 g/mol. The zero-order valence-electron chi connectivity index (χ0n) is 21.7. The van der Waals surface area contributed by atoms with Gasteiger partial charge in [0.25, 0.3) is 0 Å². The minimum atomic E-state index is 0.726. The lowest BCUT2D eigenvalue weighted by Gasteiger charge is -2.35. The highest BCUT2D eigenvalue weighted by Gasteiger charge is 2.22. The van der Waals surface area contributed by atoms with E-state index in [9.17, 15) is 0 Å². The molecule has 0 spiro atoms.